The van der Waals surface area contributed by atoms with Gasteiger partial charge in [0.15, 0.2) is 0 Å². The number of aliphatic hydroxyl groups excluding tert-OH is 1. The third-order valence-electron chi connectivity index (χ3n) is 4.58. The molecule has 1 amide bonds. The highest BCUT2D eigenvalue weighted by molar-refractivity contribution is 5.68. The molecule has 108 valence electrons. The second-order valence-electron chi connectivity index (χ2n) is 7.12. The molecule has 1 aliphatic carbocycles. The zero-order valence-corrected chi connectivity index (χ0v) is 11.9. The van der Waals surface area contributed by atoms with Crippen molar-refractivity contribution in [3.63, 3.8) is 0 Å². The van der Waals surface area contributed by atoms with Crippen LogP contribution in [-0.4, -0.2) is 53.1 Å². The van der Waals surface area contributed by atoms with Gasteiger partial charge in [0.05, 0.1) is 12.2 Å². The standard InChI is InChI=1S/C14H23NO4/c1-13(2,3)19-12(17)15-6-4-14(5-7-15)8-9-10(18-9)11(14)16/h9-11,16H,4-8H2,1-3H3/t9-,10-,11-/m0/s1. The number of epoxide rings is 1. The van der Waals surface area contributed by atoms with E-state index >= 15 is 0 Å². The zero-order chi connectivity index (χ0) is 13.8. The van der Waals surface area contributed by atoms with Gasteiger partial charge in [0.2, 0.25) is 0 Å². The first-order valence-corrected chi connectivity index (χ1v) is 7.12. The molecule has 3 aliphatic rings. The van der Waals surface area contributed by atoms with Crippen LogP contribution in [0.4, 0.5) is 4.79 Å². The van der Waals surface area contributed by atoms with Gasteiger partial charge in [0.1, 0.15) is 11.7 Å². The Morgan fingerprint density at radius 1 is 1.37 bits per heavy atom. The van der Waals surface area contributed by atoms with Crippen LogP contribution in [0.25, 0.3) is 0 Å². The lowest BCUT2D eigenvalue weighted by Gasteiger charge is -2.42. The molecule has 19 heavy (non-hydrogen) atoms. The van der Waals surface area contributed by atoms with Gasteiger partial charge in [-0.25, -0.2) is 4.79 Å². The van der Waals surface area contributed by atoms with Gasteiger partial charge in [-0.15, -0.1) is 0 Å². The number of likely N-dealkylation sites (tertiary alicyclic amines) is 1. The second-order valence-corrected chi connectivity index (χ2v) is 7.12. The van der Waals surface area contributed by atoms with Gasteiger partial charge in [-0.05, 0) is 40.0 Å². The molecule has 0 bridgehead atoms. The van der Waals surface area contributed by atoms with Crippen molar-refractivity contribution in [1.29, 1.82) is 0 Å². The van der Waals surface area contributed by atoms with Gasteiger partial charge in [0.25, 0.3) is 0 Å². The summed E-state index contributed by atoms with van der Waals surface area (Å²) >= 11 is 0. The van der Waals surface area contributed by atoms with Gasteiger partial charge in [-0.1, -0.05) is 0 Å². The minimum Gasteiger partial charge on any atom is -0.444 e. The van der Waals surface area contributed by atoms with Crippen LogP contribution in [0.1, 0.15) is 40.0 Å². The molecule has 3 atom stereocenters. The number of ether oxygens (including phenoxy) is 2. The average Bonchev–Trinajstić information content (AvgIpc) is 3.00. The largest absolute Gasteiger partial charge is 0.444 e. The molecule has 1 spiro atoms. The molecular weight excluding hydrogens is 246 g/mol. The van der Waals surface area contributed by atoms with Gasteiger partial charge in [-0.3, -0.25) is 0 Å². The summed E-state index contributed by atoms with van der Waals surface area (Å²) in [6.45, 7) is 6.97. The molecule has 2 aliphatic heterocycles. The van der Waals surface area contributed by atoms with Crippen molar-refractivity contribution in [1.82, 2.24) is 4.90 Å². The van der Waals surface area contributed by atoms with Crippen LogP contribution < -0.4 is 0 Å². The fraction of sp³-hybridized carbons (Fsp3) is 0.929. The van der Waals surface area contributed by atoms with Gasteiger partial charge in [0, 0.05) is 18.5 Å². The fourth-order valence-electron chi connectivity index (χ4n) is 3.43. The minimum absolute atomic E-state index is 0.0217. The number of rotatable bonds is 0. The first kappa shape index (κ1) is 13.2. The van der Waals surface area contributed by atoms with Crippen molar-refractivity contribution >= 4 is 6.09 Å². The Balaban J connectivity index is 1.56. The summed E-state index contributed by atoms with van der Waals surface area (Å²) in [4.78, 5) is 13.7. The summed E-state index contributed by atoms with van der Waals surface area (Å²) in [5, 5.41) is 10.3. The molecule has 2 saturated heterocycles. The number of nitrogens with zero attached hydrogens (tertiary/aromatic N) is 1. The lowest BCUT2D eigenvalue weighted by atomic mass is 9.74. The molecule has 0 aromatic carbocycles. The normalized spacial score (nSPS) is 36.2. The highest BCUT2D eigenvalue weighted by Gasteiger charge is 2.63. The smallest absolute Gasteiger partial charge is 0.410 e. The molecule has 1 N–H and O–H groups in total. The molecular formula is C14H23NO4. The van der Waals surface area contributed by atoms with Crippen LogP contribution in [0, 0.1) is 5.41 Å². The van der Waals surface area contributed by atoms with Crippen LogP contribution in [0.5, 0.6) is 0 Å². The summed E-state index contributed by atoms with van der Waals surface area (Å²) < 4.78 is 10.8. The molecule has 0 radical (unpaired) electrons. The van der Waals surface area contributed by atoms with E-state index in [9.17, 15) is 9.90 Å². The van der Waals surface area contributed by atoms with Crippen molar-refractivity contribution in [2.24, 2.45) is 5.41 Å². The van der Waals surface area contributed by atoms with Crippen LogP contribution >= 0.6 is 0 Å². The van der Waals surface area contributed by atoms with Crippen LogP contribution in [0.15, 0.2) is 0 Å². The van der Waals surface area contributed by atoms with Gasteiger partial charge >= 0.3 is 6.09 Å². The van der Waals surface area contributed by atoms with Crippen molar-refractivity contribution < 1.29 is 19.4 Å². The SMILES string of the molecule is CC(C)(C)OC(=O)N1CCC2(CC1)C[C@@H]1O[C@@H]1[C@@H]2O. The van der Waals surface area contributed by atoms with E-state index in [4.69, 9.17) is 9.47 Å². The Kier molecular flexibility index (Phi) is 2.84. The highest BCUT2D eigenvalue weighted by Crippen LogP contribution is 2.54. The molecule has 2 heterocycles. The van der Waals surface area contributed by atoms with E-state index in [0.717, 1.165) is 19.3 Å². The van der Waals surface area contributed by atoms with Crippen LogP contribution in [-0.2, 0) is 9.47 Å². The summed E-state index contributed by atoms with van der Waals surface area (Å²) in [7, 11) is 0. The predicted octanol–water partition coefficient (Wildman–Crippen LogP) is 1.54. The molecule has 5 nitrogen and oxygen atoms in total. The first-order valence-electron chi connectivity index (χ1n) is 7.12. The van der Waals surface area contributed by atoms with E-state index < -0.39 is 5.60 Å². The summed E-state index contributed by atoms with van der Waals surface area (Å²) in [6, 6.07) is 0. The molecule has 1 saturated carbocycles. The summed E-state index contributed by atoms with van der Waals surface area (Å²) in [6.07, 6.45) is 2.39. The van der Waals surface area contributed by atoms with Crippen molar-refractivity contribution in [2.45, 2.75) is 63.9 Å². The van der Waals surface area contributed by atoms with Crippen molar-refractivity contribution in [3.05, 3.63) is 0 Å². The van der Waals surface area contributed by atoms with E-state index in [0.29, 0.717) is 13.1 Å². The van der Waals surface area contributed by atoms with Crippen LogP contribution in [0.3, 0.4) is 0 Å². The number of aliphatic hydroxyl groups is 1. The number of carbonyl (C=O) groups excluding carboxylic acids is 1. The van der Waals surface area contributed by atoms with E-state index in [-0.39, 0.29) is 29.8 Å². The van der Waals surface area contributed by atoms with Gasteiger partial charge in [-0.2, -0.15) is 0 Å². The van der Waals surface area contributed by atoms with Crippen LogP contribution in [0.2, 0.25) is 0 Å². The Morgan fingerprint density at radius 2 is 2.00 bits per heavy atom. The van der Waals surface area contributed by atoms with E-state index in [1.807, 2.05) is 20.8 Å². The number of piperidine rings is 1. The molecule has 3 fully saturated rings. The monoisotopic (exact) mass is 269 g/mol. The third kappa shape index (κ3) is 2.34. The highest BCUT2D eigenvalue weighted by atomic mass is 16.6. The number of fused-ring (bicyclic) bond motifs is 1. The Hall–Kier alpha value is -0.810. The number of carbonyl (C=O) groups is 1. The maximum absolute atomic E-state index is 12.0. The maximum atomic E-state index is 12.0. The second kappa shape index (κ2) is 4.09. The van der Waals surface area contributed by atoms with Crippen molar-refractivity contribution in [3.8, 4) is 0 Å². The van der Waals surface area contributed by atoms with E-state index in [2.05, 4.69) is 0 Å². The molecule has 5 heteroatoms. The topological polar surface area (TPSA) is 62.3 Å². The Bertz CT molecular complexity index is 381. The average molecular weight is 269 g/mol. The van der Waals surface area contributed by atoms with Crippen molar-refractivity contribution in [2.75, 3.05) is 13.1 Å². The summed E-state index contributed by atoms with van der Waals surface area (Å²) in [5.41, 5.74) is -0.472. The van der Waals surface area contributed by atoms with E-state index in [1.54, 1.807) is 4.90 Å². The Labute approximate surface area is 113 Å². The quantitative estimate of drug-likeness (QED) is 0.678. The molecule has 3 rings (SSSR count). The minimum atomic E-state index is -0.450. The number of amides is 1. The summed E-state index contributed by atoms with van der Waals surface area (Å²) in [5.74, 6) is 0. The first-order chi connectivity index (χ1) is 8.81. The molecule has 0 aromatic heterocycles. The zero-order valence-electron chi connectivity index (χ0n) is 11.9. The number of hydrogen-bond donors (Lipinski definition) is 1. The molecule has 0 unspecified atom stereocenters. The third-order valence-corrected chi connectivity index (χ3v) is 4.58. The number of hydrogen-bond acceptors (Lipinski definition) is 4. The fourth-order valence-corrected chi connectivity index (χ4v) is 3.43. The lowest BCUT2D eigenvalue weighted by molar-refractivity contribution is -0.0465. The molecule has 0 aromatic rings. The van der Waals surface area contributed by atoms with E-state index in [1.165, 1.54) is 0 Å². The predicted molar refractivity (Wildman–Crippen MR) is 68.8 cm³/mol. The maximum Gasteiger partial charge on any atom is 0.410 e. The van der Waals surface area contributed by atoms with Gasteiger partial charge < -0.3 is 19.5 Å². The Morgan fingerprint density at radius 3 is 2.47 bits per heavy atom. The lowest BCUT2D eigenvalue weighted by Crippen LogP contribution is -2.48.